The van der Waals surface area contributed by atoms with Gasteiger partial charge in [-0.2, -0.15) is 4.31 Å². The summed E-state index contributed by atoms with van der Waals surface area (Å²) in [5.74, 6) is 0.187. The molecule has 0 saturated heterocycles. The van der Waals surface area contributed by atoms with Gasteiger partial charge in [0.05, 0.1) is 35.2 Å². The van der Waals surface area contributed by atoms with Crippen LogP contribution in [0, 0.1) is 19.8 Å². The minimum absolute atomic E-state index is 0.0239. The summed E-state index contributed by atoms with van der Waals surface area (Å²) in [5.41, 5.74) is 4.47. The highest BCUT2D eigenvalue weighted by Crippen LogP contribution is 2.28. The third kappa shape index (κ3) is 9.71. The Labute approximate surface area is 287 Å². The Morgan fingerprint density at radius 3 is 2.29 bits per heavy atom. The number of amides is 2. The van der Waals surface area contributed by atoms with E-state index >= 15 is 0 Å². The SMILES string of the molecule is COC(=O)Nc1nc2ccc(S(=O)(=O)N(CC(C)C)C[C@@H](O)[C@H](Cc3ccccc3)NC(=O)COc3c(C)cc(N(C)C)cc3C)cc2[nH]1. The third-order valence-corrected chi connectivity index (χ3v) is 9.70. The minimum Gasteiger partial charge on any atom is -0.483 e. The van der Waals surface area contributed by atoms with Crippen molar-refractivity contribution in [1.29, 1.82) is 0 Å². The number of imidazole rings is 1. The van der Waals surface area contributed by atoms with E-state index in [-0.39, 0.29) is 42.9 Å². The molecule has 264 valence electrons. The average Bonchev–Trinajstić information content (AvgIpc) is 3.45. The molecule has 0 aliphatic rings. The van der Waals surface area contributed by atoms with Crippen molar-refractivity contribution in [2.24, 2.45) is 5.92 Å². The number of anilines is 2. The van der Waals surface area contributed by atoms with Crippen LogP contribution in [0.3, 0.4) is 0 Å². The monoisotopic (exact) mass is 694 g/mol. The molecular weight excluding hydrogens is 648 g/mol. The molecule has 2 atom stereocenters. The van der Waals surface area contributed by atoms with Gasteiger partial charge in [0.25, 0.3) is 5.91 Å². The van der Waals surface area contributed by atoms with E-state index in [1.807, 2.05) is 89.2 Å². The van der Waals surface area contributed by atoms with Crippen LogP contribution in [0.1, 0.15) is 30.5 Å². The number of aliphatic hydroxyl groups is 1. The smallest absolute Gasteiger partial charge is 0.413 e. The molecule has 0 radical (unpaired) electrons. The van der Waals surface area contributed by atoms with Crippen LogP contribution in [-0.4, -0.2) is 92.8 Å². The van der Waals surface area contributed by atoms with Crippen LogP contribution in [-0.2, 0) is 26.0 Å². The number of methoxy groups -OCH3 is 1. The fourth-order valence-corrected chi connectivity index (χ4v) is 7.12. The van der Waals surface area contributed by atoms with Crippen LogP contribution in [0.2, 0.25) is 0 Å². The van der Waals surface area contributed by atoms with Crippen molar-refractivity contribution in [3.8, 4) is 5.75 Å². The lowest BCUT2D eigenvalue weighted by molar-refractivity contribution is -0.124. The number of aromatic amines is 1. The van der Waals surface area contributed by atoms with Gasteiger partial charge in [-0.1, -0.05) is 44.2 Å². The normalized spacial score (nSPS) is 12.9. The molecule has 0 unspecified atom stereocenters. The number of H-pyrrole nitrogens is 1. The maximum Gasteiger partial charge on any atom is 0.413 e. The first kappa shape index (κ1) is 37.2. The molecule has 14 heteroatoms. The molecule has 13 nitrogen and oxygen atoms in total. The summed E-state index contributed by atoms with van der Waals surface area (Å²) in [6, 6.07) is 16.9. The second-order valence-corrected chi connectivity index (χ2v) is 14.6. The van der Waals surface area contributed by atoms with Gasteiger partial charge in [-0.3, -0.25) is 10.1 Å². The number of ether oxygens (including phenoxy) is 2. The number of carbonyl (C=O) groups is 2. The molecule has 4 aromatic rings. The van der Waals surface area contributed by atoms with E-state index in [0.717, 1.165) is 22.4 Å². The molecule has 3 aromatic carbocycles. The molecular formula is C35H46N6O7S. The number of aromatic nitrogens is 2. The fraction of sp³-hybridized carbons (Fsp3) is 0.400. The molecule has 4 N–H and O–H groups in total. The highest BCUT2D eigenvalue weighted by molar-refractivity contribution is 7.89. The van der Waals surface area contributed by atoms with Gasteiger partial charge < -0.3 is 29.8 Å². The number of fused-ring (bicyclic) bond motifs is 1. The molecule has 2 amide bonds. The number of hydrogen-bond donors (Lipinski definition) is 4. The van der Waals surface area contributed by atoms with Crippen LogP contribution in [0.15, 0.2) is 65.6 Å². The molecule has 0 spiro atoms. The van der Waals surface area contributed by atoms with Crippen LogP contribution < -0.4 is 20.3 Å². The number of rotatable bonds is 15. The average molecular weight is 695 g/mol. The molecule has 1 aromatic heterocycles. The lowest BCUT2D eigenvalue weighted by atomic mass is 10.0. The summed E-state index contributed by atoms with van der Waals surface area (Å²) in [6.45, 7) is 7.15. The van der Waals surface area contributed by atoms with Gasteiger partial charge in [0.15, 0.2) is 6.61 Å². The lowest BCUT2D eigenvalue weighted by Crippen LogP contribution is -2.52. The van der Waals surface area contributed by atoms with Gasteiger partial charge >= 0.3 is 6.09 Å². The Kier molecular flexibility index (Phi) is 12.3. The molecule has 4 rings (SSSR count). The van der Waals surface area contributed by atoms with Crippen molar-refractivity contribution in [1.82, 2.24) is 19.6 Å². The molecule has 0 aliphatic carbocycles. The second kappa shape index (κ2) is 16.2. The zero-order chi connectivity index (χ0) is 35.9. The number of sulfonamides is 1. The van der Waals surface area contributed by atoms with E-state index in [1.54, 1.807) is 0 Å². The van der Waals surface area contributed by atoms with Crippen molar-refractivity contribution in [2.75, 3.05) is 51.1 Å². The van der Waals surface area contributed by atoms with Crippen LogP contribution in [0.4, 0.5) is 16.4 Å². The summed E-state index contributed by atoms with van der Waals surface area (Å²) in [7, 11) is 0.995. The lowest BCUT2D eigenvalue weighted by Gasteiger charge is -2.31. The van der Waals surface area contributed by atoms with Crippen LogP contribution in [0.25, 0.3) is 11.0 Å². The Bertz CT molecular complexity index is 1840. The van der Waals surface area contributed by atoms with E-state index in [1.165, 1.54) is 29.6 Å². The number of nitrogens with one attached hydrogen (secondary N) is 3. The zero-order valence-corrected chi connectivity index (χ0v) is 29.8. The topological polar surface area (TPSA) is 166 Å². The quantitative estimate of drug-likeness (QED) is 0.142. The van der Waals surface area contributed by atoms with Crippen molar-refractivity contribution < 1.29 is 32.6 Å². The summed E-state index contributed by atoms with van der Waals surface area (Å²) < 4.78 is 39.9. The van der Waals surface area contributed by atoms with E-state index in [4.69, 9.17) is 4.74 Å². The highest BCUT2D eigenvalue weighted by Gasteiger charge is 2.32. The van der Waals surface area contributed by atoms with Crippen LogP contribution >= 0.6 is 0 Å². The van der Waals surface area contributed by atoms with Gasteiger partial charge in [0, 0.05) is 32.9 Å². The molecule has 0 fully saturated rings. The van der Waals surface area contributed by atoms with E-state index in [2.05, 4.69) is 25.3 Å². The fourth-order valence-electron chi connectivity index (χ4n) is 5.47. The third-order valence-electron chi connectivity index (χ3n) is 7.87. The zero-order valence-electron chi connectivity index (χ0n) is 29.0. The van der Waals surface area contributed by atoms with E-state index < -0.39 is 34.2 Å². The second-order valence-electron chi connectivity index (χ2n) is 12.6. The number of carbonyl (C=O) groups excluding carboxylic acids is 2. The predicted octanol–water partition coefficient (Wildman–Crippen LogP) is 4.24. The maximum absolute atomic E-state index is 14.1. The summed E-state index contributed by atoms with van der Waals surface area (Å²) in [5, 5.41) is 16.9. The largest absolute Gasteiger partial charge is 0.483 e. The number of benzene rings is 3. The highest BCUT2D eigenvalue weighted by atomic mass is 32.2. The van der Waals surface area contributed by atoms with E-state index in [9.17, 15) is 23.1 Å². The van der Waals surface area contributed by atoms with Crippen molar-refractivity contribution in [3.05, 3.63) is 77.4 Å². The Balaban J connectivity index is 1.55. The number of aliphatic hydroxyl groups excluding tert-OH is 1. The molecule has 1 heterocycles. The summed E-state index contributed by atoms with van der Waals surface area (Å²) in [6.07, 6.45) is -1.74. The summed E-state index contributed by atoms with van der Waals surface area (Å²) >= 11 is 0. The minimum atomic E-state index is -4.13. The van der Waals surface area contributed by atoms with Gasteiger partial charge in [-0.05, 0) is 73.2 Å². The Morgan fingerprint density at radius 1 is 1.00 bits per heavy atom. The first-order valence-corrected chi connectivity index (χ1v) is 17.4. The predicted molar refractivity (Wildman–Crippen MR) is 190 cm³/mol. The molecule has 0 saturated carbocycles. The van der Waals surface area contributed by atoms with Gasteiger partial charge in [0.2, 0.25) is 16.0 Å². The number of aryl methyl sites for hydroxylation is 2. The van der Waals surface area contributed by atoms with Gasteiger partial charge in [-0.15, -0.1) is 0 Å². The Hall–Kier alpha value is -4.66. The molecule has 0 aliphatic heterocycles. The van der Waals surface area contributed by atoms with Crippen molar-refractivity contribution >= 4 is 44.7 Å². The van der Waals surface area contributed by atoms with Gasteiger partial charge in [0.1, 0.15) is 5.75 Å². The molecule has 49 heavy (non-hydrogen) atoms. The Morgan fingerprint density at radius 2 is 1.67 bits per heavy atom. The first-order valence-electron chi connectivity index (χ1n) is 16.0. The number of hydrogen-bond acceptors (Lipinski definition) is 9. The van der Waals surface area contributed by atoms with Crippen molar-refractivity contribution in [3.63, 3.8) is 0 Å². The summed E-state index contributed by atoms with van der Waals surface area (Å²) in [4.78, 5) is 34.0. The van der Waals surface area contributed by atoms with Crippen molar-refractivity contribution in [2.45, 2.75) is 51.2 Å². The standard InChI is InChI=1S/C35H46N6O7S/c1-22(2)19-41(49(45,46)27-13-14-28-29(18-27)38-34(37-28)39-35(44)47-7)20-31(42)30(17-25-11-9-8-10-12-25)36-32(43)21-48-33-23(3)15-26(40(5)6)16-24(33)4/h8-16,18,22,30-31,42H,17,19-21H2,1-7H3,(H,36,43)(H2,37,38,39,44)/t30-,31+/m0/s1. The van der Waals surface area contributed by atoms with Gasteiger partial charge in [-0.25, -0.2) is 18.2 Å². The number of nitrogens with zero attached hydrogens (tertiary/aromatic N) is 3. The van der Waals surface area contributed by atoms with Crippen LogP contribution in [0.5, 0.6) is 5.75 Å². The van der Waals surface area contributed by atoms with E-state index in [0.29, 0.717) is 16.8 Å². The molecule has 0 bridgehead atoms. The first-order chi connectivity index (χ1) is 23.2. The maximum atomic E-state index is 14.1.